The molecule has 6 heteroatoms. The summed E-state index contributed by atoms with van der Waals surface area (Å²) < 4.78 is 27.4. The van der Waals surface area contributed by atoms with Crippen molar-refractivity contribution in [2.24, 2.45) is 0 Å². The smallest absolute Gasteiger partial charge is 0.240 e. The van der Waals surface area contributed by atoms with E-state index in [1.54, 1.807) is 12.1 Å². The first-order chi connectivity index (χ1) is 9.97. The summed E-state index contributed by atoms with van der Waals surface area (Å²) in [5.74, 6) is 0. The largest absolute Gasteiger partial charge is 0.374 e. The van der Waals surface area contributed by atoms with Crippen molar-refractivity contribution in [1.29, 1.82) is 0 Å². The Hall–Kier alpha value is -1.11. The molecule has 1 aromatic rings. The summed E-state index contributed by atoms with van der Waals surface area (Å²) in [5.41, 5.74) is 2.26. The second kappa shape index (κ2) is 5.59. The maximum atomic E-state index is 12.4. The lowest BCUT2D eigenvalue weighted by Gasteiger charge is -2.16. The lowest BCUT2D eigenvalue weighted by Crippen LogP contribution is -2.34. The van der Waals surface area contributed by atoms with Gasteiger partial charge in [0.25, 0.3) is 0 Å². The van der Waals surface area contributed by atoms with Crippen LogP contribution >= 0.6 is 0 Å². The molecule has 2 aliphatic rings. The Morgan fingerprint density at radius 1 is 1.38 bits per heavy atom. The van der Waals surface area contributed by atoms with E-state index < -0.39 is 10.0 Å². The number of fused-ring (bicyclic) bond motifs is 1. The van der Waals surface area contributed by atoms with Crippen molar-refractivity contribution in [2.45, 2.75) is 30.2 Å². The molecule has 0 atom stereocenters. The quantitative estimate of drug-likeness (QED) is 0.853. The molecule has 0 spiro atoms. The first-order valence-electron chi connectivity index (χ1n) is 7.51. The highest BCUT2D eigenvalue weighted by atomic mass is 32.2. The Morgan fingerprint density at radius 3 is 2.86 bits per heavy atom. The van der Waals surface area contributed by atoms with E-state index >= 15 is 0 Å². The molecule has 1 fully saturated rings. The van der Waals surface area contributed by atoms with Crippen LogP contribution < -0.4 is 9.62 Å². The van der Waals surface area contributed by atoms with Gasteiger partial charge in [-0.15, -0.1) is 0 Å². The van der Waals surface area contributed by atoms with Gasteiger partial charge in [-0.05, 0) is 44.0 Å². The van der Waals surface area contributed by atoms with Crippen LogP contribution in [0.1, 0.15) is 18.4 Å². The highest BCUT2D eigenvalue weighted by molar-refractivity contribution is 7.89. The van der Waals surface area contributed by atoms with Crippen molar-refractivity contribution in [3.63, 3.8) is 0 Å². The number of sulfonamides is 1. The number of hydrogen-bond donors (Lipinski definition) is 1. The molecule has 1 heterocycles. The molecule has 21 heavy (non-hydrogen) atoms. The molecule has 1 aliphatic carbocycles. The van der Waals surface area contributed by atoms with Crippen LogP contribution in [0.2, 0.25) is 0 Å². The van der Waals surface area contributed by atoms with Gasteiger partial charge in [0, 0.05) is 38.4 Å². The number of benzene rings is 1. The molecule has 1 aliphatic heterocycles. The number of anilines is 1. The van der Waals surface area contributed by atoms with E-state index in [0.29, 0.717) is 17.5 Å². The molecule has 0 amide bonds. The molecule has 1 N–H and O–H groups in total. The normalized spacial score (nSPS) is 18.3. The monoisotopic (exact) mass is 309 g/mol. The molecular weight excluding hydrogens is 286 g/mol. The van der Waals surface area contributed by atoms with Gasteiger partial charge < -0.3 is 9.80 Å². The second-order valence-electron chi connectivity index (χ2n) is 6.07. The van der Waals surface area contributed by atoms with Crippen molar-refractivity contribution in [3.8, 4) is 0 Å². The summed E-state index contributed by atoms with van der Waals surface area (Å²) in [6, 6.07) is 6.09. The van der Waals surface area contributed by atoms with Gasteiger partial charge in [-0.2, -0.15) is 0 Å². The van der Waals surface area contributed by atoms with Gasteiger partial charge in [-0.25, -0.2) is 13.1 Å². The third-order valence-electron chi connectivity index (χ3n) is 4.42. The Morgan fingerprint density at radius 2 is 2.14 bits per heavy atom. The molecule has 0 aromatic heterocycles. The molecule has 0 saturated heterocycles. The van der Waals surface area contributed by atoms with Crippen LogP contribution in [-0.4, -0.2) is 53.1 Å². The van der Waals surface area contributed by atoms with E-state index in [0.717, 1.165) is 25.2 Å². The first kappa shape index (κ1) is 14.8. The van der Waals surface area contributed by atoms with E-state index in [-0.39, 0.29) is 0 Å². The van der Waals surface area contributed by atoms with Gasteiger partial charge in [-0.3, -0.25) is 0 Å². The fourth-order valence-corrected chi connectivity index (χ4v) is 3.86. The minimum atomic E-state index is -3.41. The van der Waals surface area contributed by atoms with Crippen LogP contribution in [0, 0.1) is 0 Å². The van der Waals surface area contributed by atoms with Gasteiger partial charge in [0.15, 0.2) is 0 Å². The zero-order chi connectivity index (χ0) is 15.0. The molecule has 3 rings (SSSR count). The zero-order valence-corrected chi connectivity index (χ0v) is 13.5. The molecule has 0 unspecified atom stereocenters. The van der Waals surface area contributed by atoms with E-state index in [2.05, 4.69) is 21.6 Å². The SMILES string of the molecule is CN1CCc2ccc(S(=O)(=O)NCCN(C)C3CC3)cc21. The zero-order valence-electron chi connectivity index (χ0n) is 12.7. The minimum Gasteiger partial charge on any atom is -0.374 e. The summed E-state index contributed by atoms with van der Waals surface area (Å²) in [6.07, 6.45) is 3.46. The summed E-state index contributed by atoms with van der Waals surface area (Å²) in [5, 5.41) is 0. The van der Waals surface area contributed by atoms with Crippen molar-refractivity contribution < 1.29 is 8.42 Å². The number of rotatable bonds is 6. The van der Waals surface area contributed by atoms with Crippen LogP contribution in [0.3, 0.4) is 0 Å². The van der Waals surface area contributed by atoms with Crippen molar-refractivity contribution in [2.75, 3.05) is 38.6 Å². The standard InChI is InChI=1S/C15H23N3O2S/c1-17(13-4-5-13)10-8-16-21(19,20)14-6-3-12-7-9-18(2)15(12)11-14/h3,6,11,13,16H,4-5,7-10H2,1-2H3. The van der Waals surface area contributed by atoms with Gasteiger partial charge in [-0.1, -0.05) is 6.07 Å². The molecule has 1 aromatic carbocycles. The van der Waals surface area contributed by atoms with Crippen LogP contribution in [0.15, 0.2) is 23.1 Å². The minimum absolute atomic E-state index is 0.365. The fraction of sp³-hybridized carbons (Fsp3) is 0.600. The lowest BCUT2D eigenvalue weighted by molar-refractivity contribution is 0.329. The molecular formula is C15H23N3O2S. The molecule has 0 bridgehead atoms. The Bertz CT molecular complexity index is 626. The highest BCUT2D eigenvalue weighted by Gasteiger charge is 2.26. The van der Waals surface area contributed by atoms with Crippen LogP contribution in [0.4, 0.5) is 5.69 Å². The van der Waals surface area contributed by atoms with Gasteiger partial charge in [0.05, 0.1) is 4.90 Å². The fourth-order valence-electron chi connectivity index (χ4n) is 2.82. The lowest BCUT2D eigenvalue weighted by atomic mass is 10.2. The third-order valence-corrected chi connectivity index (χ3v) is 5.88. The van der Waals surface area contributed by atoms with Crippen LogP contribution in [0.5, 0.6) is 0 Å². The number of hydrogen-bond acceptors (Lipinski definition) is 4. The number of nitrogens with zero attached hydrogens (tertiary/aromatic N) is 2. The maximum Gasteiger partial charge on any atom is 0.240 e. The Balaban J connectivity index is 1.65. The third kappa shape index (κ3) is 3.22. The summed E-state index contributed by atoms with van der Waals surface area (Å²) in [6.45, 7) is 2.18. The summed E-state index contributed by atoms with van der Waals surface area (Å²) >= 11 is 0. The Kier molecular flexibility index (Phi) is 3.94. The van der Waals surface area contributed by atoms with E-state index in [4.69, 9.17) is 0 Å². The summed E-state index contributed by atoms with van der Waals surface area (Å²) in [4.78, 5) is 4.69. The van der Waals surface area contributed by atoms with Gasteiger partial charge in [0.1, 0.15) is 0 Å². The van der Waals surface area contributed by atoms with E-state index in [1.807, 2.05) is 13.1 Å². The molecule has 0 radical (unpaired) electrons. The van der Waals surface area contributed by atoms with Crippen LogP contribution in [-0.2, 0) is 16.4 Å². The predicted octanol–water partition coefficient (Wildman–Crippen LogP) is 1.05. The second-order valence-corrected chi connectivity index (χ2v) is 7.84. The van der Waals surface area contributed by atoms with E-state index in [9.17, 15) is 8.42 Å². The highest BCUT2D eigenvalue weighted by Crippen LogP contribution is 2.29. The number of likely N-dealkylation sites (N-methyl/N-ethyl adjacent to an activating group) is 2. The maximum absolute atomic E-state index is 12.4. The molecule has 1 saturated carbocycles. The summed E-state index contributed by atoms with van der Waals surface area (Å²) in [7, 11) is 0.643. The first-order valence-corrected chi connectivity index (χ1v) is 9.00. The average Bonchev–Trinajstić information content (AvgIpc) is 3.23. The molecule has 116 valence electrons. The molecule has 5 nitrogen and oxygen atoms in total. The van der Waals surface area contributed by atoms with Gasteiger partial charge in [0.2, 0.25) is 10.0 Å². The van der Waals surface area contributed by atoms with Crippen molar-refractivity contribution in [1.82, 2.24) is 9.62 Å². The van der Waals surface area contributed by atoms with Crippen molar-refractivity contribution >= 4 is 15.7 Å². The van der Waals surface area contributed by atoms with Gasteiger partial charge >= 0.3 is 0 Å². The van der Waals surface area contributed by atoms with Crippen molar-refractivity contribution in [3.05, 3.63) is 23.8 Å². The average molecular weight is 309 g/mol. The van der Waals surface area contributed by atoms with Crippen LogP contribution in [0.25, 0.3) is 0 Å². The number of nitrogens with one attached hydrogen (secondary N) is 1. The van der Waals surface area contributed by atoms with E-state index in [1.165, 1.54) is 18.4 Å². The predicted molar refractivity (Wildman–Crippen MR) is 84.3 cm³/mol. The Labute approximate surface area is 127 Å². The topological polar surface area (TPSA) is 52.7 Å².